The maximum atomic E-state index is 13.9. The Morgan fingerprint density at radius 3 is 2.54 bits per heavy atom. The Morgan fingerprint density at radius 2 is 2.00 bits per heavy atom. The molecule has 0 aromatic heterocycles. The zero-order valence-corrected chi connectivity index (χ0v) is 16.4. The highest BCUT2D eigenvalue weighted by Gasteiger charge is 2.32. The van der Waals surface area contributed by atoms with Crippen molar-refractivity contribution in [2.75, 3.05) is 18.8 Å². The topological polar surface area (TPSA) is 97.5 Å². The van der Waals surface area contributed by atoms with E-state index in [2.05, 4.69) is 6.92 Å². The Hall–Kier alpha value is -1.51. The van der Waals surface area contributed by atoms with Crippen LogP contribution in [0.25, 0.3) is 0 Å². The number of hydrogen-bond acceptors (Lipinski definition) is 5. The van der Waals surface area contributed by atoms with E-state index in [1.54, 1.807) is 0 Å². The third kappa shape index (κ3) is 5.02. The Morgan fingerprint density at radius 1 is 1.35 bits per heavy atom. The number of carbonyl (C=O) groups excluding carboxylic acids is 2. The minimum absolute atomic E-state index is 0. The van der Waals surface area contributed by atoms with Crippen LogP contribution in [0.15, 0.2) is 23.1 Å². The van der Waals surface area contributed by atoms with Crippen molar-refractivity contribution in [1.29, 1.82) is 0 Å². The maximum absolute atomic E-state index is 13.9. The molecule has 1 aliphatic heterocycles. The van der Waals surface area contributed by atoms with Crippen LogP contribution < -0.4 is 5.73 Å². The Labute approximate surface area is 159 Å². The molecule has 1 aliphatic rings. The van der Waals surface area contributed by atoms with Gasteiger partial charge in [0.1, 0.15) is 11.6 Å². The van der Waals surface area contributed by atoms with Crippen molar-refractivity contribution in [1.82, 2.24) is 4.90 Å². The quantitative estimate of drug-likeness (QED) is 0.752. The third-order valence-electron chi connectivity index (χ3n) is 4.56. The summed E-state index contributed by atoms with van der Waals surface area (Å²) in [7, 11) is -4.00. The van der Waals surface area contributed by atoms with Crippen molar-refractivity contribution in [3.63, 3.8) is 0 Å². The van der Waals surface area contributed by atoms with Gasteiger partial charge in [0.05, 0.1) is 10.5 Å². The number of halogens is 2. The molecule has 2 atom stereocenters. The monoisotopic (exact) mass is 406 g/mol. The van der Waals surface area contributed by atoms with Crippen LogP contribution in [0.4, 0.5) is 4.39 Å². The normalized spacial score (nSPS) is 20.4. The van der Waals surface area contributed by atoms with Gasteiger partial charge in [0, 0.05) is 19.1 Å². The van der Waals surface area contributed by atoms with Crippen LogP contribution in [0.3, 0.4) is 0 Å². The van der Waals surface area contributed by atoms with Gasteiger partial charge in [0.25, 0.3) is 0 Å². The first kappa shape index (κ1) is 22.5. The van der Waals surface area contributed by atoms with Crippen LogP contribution in [-0.2, 0) is 14.6 Å². The minimum Gasteiger partial charge on any atom is -0.338 e. The lowest BCUT2D eigenvalue weighted by Gasteiger charge is -2.38. The second kappa shape index (κ2) is 8.92. The molecule has 0 spiro atoms. The van der Waals surface area contributed by atoms with Gasteiger partial charge in [0.2, 0.25) is 5.91 Å². The van der Waals surface area contributed by atoms with Crippen molar-refractivity contribution in [2.24, 2.45) is 11.7 Å². The van der Waals surface area contributed by atoms with Gasteiger partial charge in [0.15, 0.2) is 15.6 Å². The predicted octanol–water partition coefficient (Wildman–Crippen LogP) is 1.81. The molecule has 1 amide bonds. The van der Waals surface area contributed by atoms with E-state index >= 15 is 0 Å². The first-order valence-electron chi connectivity index (χ1n) is 8.18. The van der Waals surface area contributed by atoms with Gasteiger partial charge in [-0.15, -0.1) is 12.4 Å². The van der Waals surface area contributed by atoms with Crippen LogP contribution in [-0.4, -0.2) is 49.9 Å². The lowest BCUT2D eigenvalue weighted by atomic mass is 9.92. The number of likely N-dealkylation sites (tertiary alicyclic amines) is 1. The molecule has 0 saturated carbocycles. The molecular formula is C17H24ClFN2O4S. The van der Waals surface area contributed by atoms with Gasteiger partial charge in [-0.3, -0.25) is 9.59 Å². The van der Waals surface area contributed by atoms with Gasteiger partial charge in [-0.05, 0) is 43.9 Å². The number of Topliss-reactive ketones (excluding diaryl/α,β-unsaturated/α-hetero) is 1. The molecule has 146 valence electrons. The van der Waals surface area contributed by atoms with E-state index in [1.165, 1.54) is 11.8 Å². The smallest absolute Gasteiger partial charge is 0.238 e. The summed E-state index contributed by atoms with van der Waals surface area (Å²) in [5, 5.41) is 0. The van der Waals surface area contributed by atoms with Gasteiger partial charge in [-0.2, -0.15) is 0 Å². The molecule has 0 bridgehead atoms. The number of amides is 1. The van der Waals surface area contributed by atoms with Crippen molar-refractivity contribution in [3.05, 3.63) is 29.6 Å². The summed E-state index contributed by atoms with van der Waals surface area (Å²) in [5.41, 5.74) is 5.53. The highest BCUT2D eigenvalue weighted by atomic mass is 35.5. The molecule has 2 unspecified atom stereocenters. The van der Waals surface area contributed by atoms with E-state index in [1.807, 2.05) is 0 Å². The number of nitrogens with zero attached hydrogens (tertiary/aromatic N) is 1. The summed E-state index contributed by atoms with van der Waals surface area (Å²) in [5.74, 6) is -2.24. The van der Waals surface area contributed by atoms with Crippen LogP contribution in [0.5, 0.6) is 0 Å². The zero-order valence-electron chi connectivity index (χ0n) is 14.8. The van der Waals surface area contributed by atoms with Crippen LogP contribution in [0.1, 0.15) is 37.0 Å². The molecule has 1 saturated heterocycles. The highest BCUT2D eigenvalue weighted by molar-refractivity contribution is 7.92. The fraction of sp³-hybridized carbons (Fsp3) is 0.529. The number of benzene rings is 1. The van der Waals surface area contributed by atoms with Crippen molar-refractivity contribution in [2.45, 2.75) is 37.6 Å². The number of nitrogens with two attached hydrogens (primary N) is 1. The van der Waals surface area contributed by atoms with Crippen molar-refractivity contribution in [3.8, 4) is 0 Å². The zero-order chi connectivity index (χ0) is 18.8. The fourth-order valence-electron chi connectivity index (χ4n) is 3.11. The molecule has 0 aliphatic carbocycles. The molecule has 0 radical (unpaired) electrons. The molecule has 1 heterocycles. The number of sulfone groups is 1. The molecule has 2 N–H and O–H groups in total. The number of ketones is 1. The second-order valence-electron chi connectivity index (χ2n) is 6.56. The fourth-order valence-corrected chi connectivity index (χ4v) is 4.32. The van der Waals surface area contributed by atoms with E-state index in [9.17, 15) is 22.4 Å². The standard InChI is InChI=1S/C17H23FN2O4S.ClH/c1-11-5-6-20(13(7-11)9-19)17(22)10-25(23,24)14-3-4-15(12(2)21)16(18)8-14;/h3-4,8,11,13H,5-7,9-10,19H2,1-2H3;1H. The van der Waals surface area contributed by atoms with Gasteiger partial charge in [-0.25, -0.2) is 12.8 Å². The molecule has 6 nitrogen and oxygen atoms in total. The Bertz CT molecular complexity index is 785. The average molecular weight is 407 g/mol. The van der Waals surface area contributed by atoms with Crippen LogP contribution in [0.2, 0.25) is 0 Å². The summed E-state index contributed by atoms with van der Waals surface area (Å²) in [6, 6.07) is 2.89. The van der Waals surface area contributed by atoms with Crippen LogP contribution in [0, 0.1) is 11.7 Å². The summed E-state index contributed by atoms with van der Waals surface area (Å²) in [4.78, 5) is 24.9. The van der Waals surface area contributed by atoms with E-state index < -0.39 is 33.1 Å². The Balaban J connectivity index is 0.00000338. The maximum Gasteiger partial charge on any atom is 0.238 e. The lowest BCUT2D eigenvalue weighted by molar-refractivity contribution is -0.132. The first-order valence-corrected chi connectivity index (χ1v) is 9.83. The number of hydrogen-bond donors (Lipinski definition) is 1. The van der Waals surface area contributed by atoms with Gasteiger partial charge < -0.3 is 10.6 Å². The second-order valence-corrected chi connectivity index (χ2v) is 8.55. The SMILES string of the molecule is CC(=O)c1ccc(S(=O)(=O)CC(=O)N2CCC(C)CC2CN)cc1F.Cl. The van der Waals surface area contributed by atoms with Gasteiger partial charge >= 0.3 is 0 Å². The number of carbonyl (C=O) groups is 2. The van der Waals surface area contributed by atoms with E-state index in [-0.39, 0.29) is 35.5 Å². The number of rotatable bonds is 5. The lowest BCUT2D eigenvalue weighted by Crippen LogP contribution is -2.50. The predicted molar refractivity (Wildman–Crippen MR) is 98.7 cm³/mol. The first-order chi connectivity index (χ1) is 11.7. The van der Waals surface area contributed by atoms with Crippen LogP contribution >= 0.6 is 12.4 Å². The molecule has 1 aromatic rings. The third-order valence-corrected chi connectivity index (χ3v) is 6.16. The van der Waals surface area contributed by atoms with E-state index in [0.29, 0.717) is 12.5 Å². The largest absolute Gasteiger partial charge is 0.338 e. The van der Waals surface area contributed by atoms with Crippen molar-refractivity contribution < 1.29 is 22.4 Å². The molecular weight excluding hydrogens is 383 g/mol. The van der Waals surface area contributed by atoms with Crippen molar-refractivity contribution >= 4 is 33.9 Å². The van der Waals surface area contributed by atoms with E-state index in [0.717, 1.165) is 31.0 Å². The highest BCUT2D eigenvalue weighted by Crippen LogP contribution is 2.23. The number of piperidine rings is 1. The summed E-state index contributed by atoms with van der Waals surface area (Å²) in [6.07, 6.45) is 1.54. The molecule has 26 heavy (non-hydrogen) atoms. The molecule has 1 fully saturated rings. The minimum atomic E-state index is -4.00. The summed E-state index contributed by atoms with van der Waals surface area (Å²) < 4.78 is 38.8. The van der Waals surface area contributed by atoms with Gasteiger partial charge in [-0.1, -0.05) is 6.92 Å². The molecule has 2 rings (SSSR count). The molecule has 9 heteroatoms. The van der Waals surface area contributed by atoms with E-state index in [4.69, 9.17) is 5.73 Å². The molecule has 1 aromatic carbocycles. The summed E-state index contributed by atoms with van der Waals surface area (Å²) >= 11 is 0. The Kier molecular flexibility index (Phi) is 7.73. The average Bonchev–Trinajstić information content (AvgIpc) is 2.53. The summed E-state index contributed by atoms with van der Waals surface area (Å²) in [6.45, 7) is 4.01.